The number of anilines is 1. The fourth-order valence-electron chi connectivity index (χ4n) is 1.82. The third kappa shape index (κ3) is 3.69. The van der Waals surface area contributed by atoms with E-state index in [4.69, 9.17) is 4.74 Å². The normalized spacial score (nSPS) is 10.4. The maximum absolute atomic E-state index is 11.9. The van der Waals surface area contributed by atoms with Crippen LogP contribution in [0.2, 0.25) is 0 Å². The fraction of sp³-hybridized carbons (Fsp3) is 0.0625. The van der Waals surface area contributed by atoms with Gasteiger partial charge in [-0.2, -0.15) is 0 Å². The molecule has 0 aliphatic rings. The van der Waals surface area contributed by atoms with Gasteiger partial charge in [0.2, 0.25) is 0 Å². The van der Waals surface area contributed by atoms with Crippen LogP contribution in [0.15, 0.2) is 60.8 Å². The average Bonchev–Trinajstić information content (AvgIpc) is 2.55. The minimum atomic E-state index is -0.499. The van der Waals surface area contributed by atoms with Gasteiger partial charge in [0, 0.05) is 23.9 Å². The average molecular weight is 298 g/mol. The number of nitrogens with zero attached hydrogens (tertiary/aromatic N) is 1. The van der Waals surface area contributed by atoms with Gasteiger partial charge >= 0.3 is 0 Å². The first-order valence-corrected chi connectivity index (χ1v) is 6.46. The van der Waals surface area contributed by atoms with E-state index < -0.39 is 4.92 Å². The maximum atomic E-state index is 11.9. The zero-order chi connectivity index (χ0) is 15.9. The van der Waals surface area contributed by atoms with Crippen molar-refractivity contribution in [1.29, 1.82) is 0 Å². The lowest BCUT2D eigenvalue weighted by Crippen LogP contribution is -1.98. The van der Waals surface area contributed by atoms with Crippen LogP contribution in [0.5, 0.6) is 5.75 Å². The number of ether oxygens (including phenoxy) is 1. The summed E-state index contributed by atoms with van der Waals surface area (Å²) in [5.41, 5.74) is 1.05. The van der Waals surface area contributed by atoms with Crippen LogP contribution in [0.3, 0.4) is 0 Å². The number of nitrogens with one attached hydrogen (secondary N) is 1. The second-order valence-electron chi connectivity index (χ2n) is 4.35. The minimum absolute atomic E-state index is 0.0632. The third-order valence-corrected chi connectivity index (χ3v) is 2.93. The maximum Gasteiger partial charge on any atom is 0.273 e. The van der Waals surface area contributed by atoms with Crippen LogP contribution in [0.25, 0.3) is 0 Å². The van der Waals surface area contributed by atoms with E-state index in [1.165, 1.54) is 37.6 Å². The molecule has 2 aromatic carbocycles. The molecule has 0 atom stereocenters. The largest absolute Gasteiger partial charge is 0.494 e. The highest BCUT2D eigenvalue weighted by molar-refractivity contribution is 6.04. The van der Waals surface area contributed by atoms with Crippen molar-refractivity contribution in [2.45, 2.75) is 0 Å². The predicted octanol–water partition coefficient (Wildman–Crippen LogP) is 3.41. The molecule has 0 fully saturated rings. The van der Waals surface area contributed by atoms with Crippen molar-refractivity contribution in [1.82, 2.24) is 0 Å². The zero-order valence-corrected chi connectivity index (χ0v) is 11.9. The second kappa shape index (κ2) is 7.03. The zero-order valence-electron chi connectivity index (χ0n) is 11.9. The summed E-state index contributed by atoms with van der Waals surface area (Å²) in [7, 11) is 1.42. The summed E-state index contributed by atoms with van der Waals surface area (Å²) < 4.78 is 5.09. The Morgan fingerprint density at radius 3 is 2.59 bits per heavy atom. The quantitative estimate of drug-likeness (QED) is 0.382. The first kappa shape index (κ1) is 15.2. The number of benzene rings is 2. The molecule has 0 saturated heterocycles. The van der Waals surface area contributed by atoms with Gasteiger partial charge in [-0.3, -0.25) is 14.9 Å². The molecule has 2 aromatic rings. The summed E-state index contributed by atoms with van der Waals surface area (Å²) in [6.07, 6.45) is 2.86. The van der Waals surface area contributed by atoms with Gasteiger partial charge in [-0.1, -0.05) is 30.3 Å². The summed E-state index contributed by atoms with van der Waals surface area (Å²) in [6.45, 7) is 0. The van der Waals surface area contributed by atoms with E-state index in [0.29, 0.717) is 17.0 Å². The van der Waals surface area contributed by atoms with Gasteiger partial charge in [0.15, 0.2) is 5.78 Å². The lowest BCUT2D eigenvalue weighted by atomic mass is 10.1. The van der Waals surface area contributed by atoms with E-state index >= 15 is 0 Å². The number of carbonyl (C=O) groups excluding carboxylic acids is 1. The highest BCUT2D eigenvalue weighted by Crippen LogP contribution is 2.28. The van der Waals surface area contributed by atoms with E-state index in [2.05, 4.69) is 5.32 Å². The first-order valence-electron chi connectivity index (χ1n) is 6.46. The van der Waals surface area contributed by atoms with E-state index in [1.54, 1.807) is 24.3 Å². The molecule has 0 radical (unpaired) electrons. The molecule has 1 N–H and O–H groups in total. The Labute approximate surface area is 127 Å². The van der Waals surface area contributed by atoms with E-state index in [1.807, 2.05) is 6.07 Å². The van der Waals surface area contributed by atoms with Crippen LogP contribution in [0, 0.1) is 10.1 Å². The van der Waals surface area contributed by atoms with Gasteiger partial charge in [0.05, 0.1) is 23.8 Å². The van der Waals surface area contributed by atoms with Gasteiger partial charge in [-0.05, 0) is 6.07 Å². The summed E-state index contributed by atoms with van der Waals surface area (Å²) >= 11 is 0. The van der Waals surface area contributed by atoms with E-state index in [9.17, 15) is 14.9 Å². The standard InChI is InChI=1S/C16H14N2O4/c1-22-16-11-13(18(20)21)7-8-14(16)17-10-9-15(19)12-5-3-2-4-6-12/h2-11,17H,1H3. The van der Waals surface area contributed by atoms with Crippen LogP contribution >= 0.6 is 0 Å². The van der Waals surface area contributed by atoms with Crippen molar-refractivity contribution in [3.8, 4) is 5.75 Å². The molecule has 0 spiro atoms. The molecule has 0 bridgehead atoms. The molecule has 0 aliphatic heterocycles. The van der Waals surface area contributed by atoms with Gasteiger partial charge in [-0.25, -0.2) is 0 Å². The van der Waals surface area contributed by atoms with Crippen molar-refractivity contribution in [2.24, 2.45) is 0 Å². The Balaban J connectivity index is 2.09. The number of rotatable bonds is 6. The highest BCUT2D eigenvalue weighted by Gasteiger charge is 2.10. The molecule has 2 rings (SSSR count). The molecule has 0 aliphatic carbocycles. The SMILES string of the molecule is COc1cc([N+](=O)[O-])ccc1NC=CC(=O)c1ccccc1. The van der Waals surface area contributed by atoms with E-state index in [-0.39, 0.29) is 11.5 Å². The number of non-ortho nitro benzene ring substituents is 1. The van der Waals surface area contributed by atoms with Crippen molar-refractivity contribution < 1.29 is 14.5 Å². The monoisotopic (exact) mass is 298 g/mol. The highest BCUT2D eigenvalue weighted by atomic mass is 16.6. The van der Waals surface area contributed by atoms with Gasteiger partial charge in [0.1, 0.15) is 5.75 Å². The fourth-order valence-corrected chi connectivity index (χ4v) is 1.82. The molecule has 0 unspecified atom stereocenters. The number of allylic oxidation sites excluding steroid dienone is 1. The van der Waals surface area contributed by atoms with E-state index in [0.717, 1.165) is 0 Å². The lowest BCUT2D eigenvalue weighted by Gasteiger charge is -2.07. The van der Waals surface area contributed by atoms with Gasteiger partial charge < -0.3 is 10.1 Å². The molecule has 6 heteroatoms. The van der Waals surface area contributed by atoms with Crippen LogP contribution < -0.4 is 10.1 Å². The van der Waals surface area contributed by atoms with Crippen LogP contribution in [0.4, 0.5) is 11.4 Å². The molecular weight excluding hydrogens is 284 g/mol. The summed E-state index contributed by atoms with van der Waals surface area (Å²) in [6, 6.07) is 13.0. The molecule has 0 heterocycles. The summed E-state index contributed by atoms with van der Waals surface area (Å²) in [5, 5.41) is 13.6. The number of methoxy groups -OCH3 is 1. The summed E-state index contributed by atoms with van der Waals surface area (Å²) in [4.78, 5) is 22.1. The number of carbonyl (C=O) groups is 1. The Morgan fingerprint density at radius 1 is 1.23 bits per heavy atom. The van der Waals surface area contributed by atoms with Crippen LogP contribution in [0.1, 0.15) is 10.4 Å². The number of hydrogen-bond acceptors (Lipinski definition) is 5. The minimum Gasteiger partial charge on any atom is -0.494 e. The number of nitro groups is 1. The molecule has 6 nitrogen and oxygen atoms in total. The van der Waals surface area contributed by atoms with Gasteiger partial charge in [-0.15, -0.1) is 0 Å². The third-order valence-electron chi connectivity index (χ3n) is 2.93. The van der Waals surface area contributed by atoms with Crippen LogP contribution in [-0.4, -0.2) is 17.8 Å². The Kier molecular flexibility index (Phi) is 4.87. The van der Waals surface area contributed by atoms with Crippen molar-refractivity contribution >= 4 is 17.2 Å². The van der Waals surface area contributed by atoms with Crippen LogP contribution in [-0.2, 0) is 0 Å². The molecule has 0 amide bonds. The first-order chi connectivity index (χ1) is 10.6. The van der Waals surface area contributed by atoms with Crippen molar-refractivity contribution in [3.63, 3.8) is 0 Å². The van der Waals surface area contributed by atoms with Gasteiger partial charge in [0.25, 0.3) is 5.69 Å². The smallest absolute Gasteiger partial charge is 0.273 e. The van der Waals surface area contributed by atoms with Crippen molar-refractivity contribution in [2.75, 3.05) is 12.4 Å². The Bertz CT molecular complexity index is 711. The molecule has 112 valence electrons. The molecule has 22 heavy (non-hydrogen) atoms. The number of nitro benzene ring substituents is 1. The lowest BCUT2D eigenvalue weighted by molar-refractivity contribution is -0.384. The molecule has 0 aromatic heterocycles. The number of hydrogen-bond donors (Lipinski definition) is 1. The Hall–Kier alpha value is -3.15. The number of ketones is 1. The van der Waals surface area contributed by atoms with Crippen molar-refractivity contribution in [3.05, 3.63) is 76.5 Å². The topological polar surface area (TPSA) is 81.5 Å². The molecular formula is C16H14N2O4. The summed E-state index contributed by atoms with van der Waals surface area (Å²) in [5.74, 6) is 0.181. The second-order valence-corrected chi connectivity index (χ2v) is 4.35. The Morgan fingerprint density at radius 2 is 1.95 bits per heavy atom. The molecule has 0 saturated carbocycles. The predicted molar refractivity (Wildman–Crippen MR) is 83.2 cm³/mol.